The molecule has 0 aliphatic carbocycles. The van der Waals surface area contributed by atoms with Gasteiger partial charge in [0, 0.05) is 5.69 Å². The Morgan fingerprint density at radius 1 is 1.16 bits per heavy atom. The first kappa shape index (κ1) is 21.1. The van der Waals surface area contributed by atoms with Crippen molar-refractivity contribution in [3.8, 4) is 11.4 Å². The van der Waals surface area contributed by atoms with Crippen LogP contribution in [0, 0.1) is 0 Å². The summed E-state index contributed by atoms with van der Waals surface area (Å²) >= 11 is 0. The number of rotatable bonds is 5. The molecule has 0 radical (unpaired) electrons. The van der Waals surface area contributed by atoms with Gasteiger partial charge in [-0.1, -0.05) is 6.07 Å². The van der Waals surface area contributed by atoms with Gasteiger partial charge in [0.2, 0.25) is 5.91 Å². The summed E-state index contributed by atoms with van der Waals surface area (Å²) in [7, 11) is 1.55. The predicted octanol–water partition coefficient (Wildman–Crippen LogP) is 3.25. The summed E-state index contributed by atoms with van der Waals surface area (Å²) in [5, 5.41) is 6.75. The first-order valence-corrected chi connectivity index (χ1v) is 9.31. The monoisotopic (exact) mass is 443 g/mol. The molecule has 2 heterocycles. The summed E-state index contributed by atoms with van der Waals surface area (Å²) in [4.78, 5) is 29.3. The van der Waals surface area contributed by atoms with Gasteiger partial charge in [-0.05, 0) is 42.5 Å². The Balaban J connectivity index is 1.56. The van der Waals surface area contributed by atoms with Crippen LogP contribution in [0.2, 0.25) is 0 Å². The van der Waals surface area contributed by atoms with Crippen LogP contribution < -0.4 is 15.6 Å². The number of nitrogens with zero attached hydrogens (tertiary/aromatic N) is 4. The standard InChI is InChI=1S/C21H16F3N5O3/c1-32-16-7-5-15(6-8-16)29-19-17(10-26-29)20(31)28(12-25-19)11-18(30)27-14-4-2-3-13(9-14)21(22,23)24/h2-10,12H,11H2,1H3,(H,27,30). The van der Waals surface area contributed by atoms with Crippen molar-refractivity contribution in [3.63, 3.8) is 0 Å². The zero-order valence-corrected chi connectivity index (χ0v) is 16.6. The molecule has 11 heteroatoms. The number of carbonyl (C=O) groups is 1. The number of hydrogen-bond donors (Lipinski definition) is 1. The molecule has 0 bridgehead atoms. The number of carbonyl (C=O) groups excluding carboxylic acids is 1. The van der Waals surface area contributed by atoms with Crippen LogP contribution in [0.4, 0.5) is 18.9 Å². The summed E-state index contributed by atoms with van der Waals surface area (Å²) in [5.41, 5.74) is -0.461. The first-order chi connectivity index (χ1) is 15.3. The van der Waals surface area contributed by atoms with Gasteiger partial charge in [-0.3, -0.25) is 14.2 Å². The molecule has 0 aliphatic heterocycles. The third-order valence-electron chi connectivity index (χ3n) is 4.66. The molecule has 0 saturated carbocycles. The molecule has 1 N–H and O–H groups in total. The summed E-state index contributed by atoms with van der Waals surface area (Å²) < 4.78 is 46.2. The lowest BCUT2D eigenvalue weighted by Crippen LogP contribution is -2.28. The third kappa shape index (κ3) is 4.17. The van der Waals surface area contributed by atoms with Gasteiger partial charge < -0.3 is 10.1 Å². The minimum Gasteiger partial charge on any atom is -0.497 e. The van der Waals surface area contributed by atoms with Crippen molar-refractivity contribution in [2.75, 3.05) is 12.4 Å². The van der Waals surface area contributed by atoms with E-state index < -0.39 is 29.8 Å². The number of anilines is 1. The quantitative estimate of drug-likeness (QED) is 0.511. The Morgan fingerprint density at radius 2 is 1.91 bits per heavy atom. The highest BCUT2D eigenvalue weighted by Crippen LogP contribution is 2.30. The number of hydrogen-bond acceptors (Lipinski definition) is 5. The van der Waals surface area contributed by atoms with Crippen LogP contribution in [0.5, 0.6) is 5.75 Å². The molecular formula is C21H16F3N5O3. The Labute approximate surface area is 178 Å². The van der Waals surface area contributed by atoms with Crippen molar-refractivity contribution < 1.29 is 22.7 Å². The number of benzene rings is 2. The molecule has 4 rings (SSSR count). The molecule has 2 aromatic carbocycles. The molecular weight excluding hydrogens is 427 g/mol. The van der Waals surface area contributed by atoms with E-state index in [4.69, 9.17) is 4.74 Å². The lowest BCUT2D eigenvalue weighted by atomic mass is 10.2. The van der Waals surface area contributed by atoms with Gasteiger partial charge >= 0.3 is 6.18 Å². The van der Waals surface area contributed by atoms with Crippen molar-refractivity contribution in [2.45, 2.75) is 12.7 Å². The minimum atomic E-state index is -4.53. The Morgan fingerprint density at radius 3 is 2.59 bits per heavy atom. The van der Waals surface area contributed by atoms with Crippen LogP contribution >= 0.6 is 0 Å². The van der Waals surface area contributed by atoms with Crippen molar-refractivity contribution >= 4 is 22.6 Å². The van der Waals surface area contributed by atoms with Crippen LogP contribution in [-0.4, -0.2) is 32.3 Å². The van der Waals surface area contributed by atoms with E-state index in [0.29, 0.717) is 17.1 Å². The Hall–Kier alpha value is -4.15. The summed E-state index contributed by atoms with van der Waals surface area (Å²) in [6.07, 6.45) is -2.00. The fraction of sp³-hybridized carbons (Fsp3) is 0.143. The SMILES string of the molecule is COc1ccc(-n2ncc3c(=O)n(CC(=O)Nc4cccc(C(F)(F)F)c4)cnc32)cc1. The highest BCUT2D eigenvalue weighted by Gasteiger charge is 2.30. The fourth-order valence-electron chi connectivity index (χ4n) is 3.10. The molecule has 2 aromatic heterocycles. The van der Waals surface area contributed by atoms with E-state index in [-0.39, 0.29) is 11.1 Å². The molecule has 0 spiro atoms. The molecule has 4 aromatic rings. The van der Waals surface area contributed by atoms with Crippen molar-refractivity contribution in [3.05, 3.63) is 77.0 Å². The zero-order valence-electron chi connectivity index (χ0n) is 16.6. The molecule has 1 amide bonds. The van der Waals surface area contributed by atoms with Gasteiger partial charge in [-0.25, -0.2) is 9.67 Å². The van der Waals surface area contributed by atoms with E-state index in [0.717, 1.165) is 16.7 Å². The maximum absolute atomic E-state index is 12.8. The molecule has 164 valence electrons. The van der Waals surface area contributed by atoms with Crippen LogP contribution in [0.25, 0.3) is 16.7 Å². The van der Waals surface area contributed by atoms with Crippen molar-refractivity contribution in [1.82, 2.24) is 19.3 Å². The van der Waals surface area contributed by atoms with Gasteiger partial charge in [0.15, 0.2) is 5.65 Å². The number of alkyl halides is 3. The topological polar surface area (TPSA) is 91.0 Å². The largest absolute Gasteiger partial charge is 0.497 e. The third-order valence-corrected chi connectivity index (χ3v) is 4.66. The molecule has 32 heavy (non-hydrogen) atoms. The number of nitrogens with one attached hydrogen (secondary N) is 1. The first-order valence-electron chi connectivity index (χ1n) is 9.31. The average molecular weight is 443 g/mol. The molecule has 0 unspecified atom stereocenters. The van der Waals surface area contributed by atoms with Crippen LogP contribution in [0.15, 0.2) is 65.8 Å². The second kappa shape index (κ2) is 8.17. The van der Waals surface area contributed by atoms with Gasteiger partial charge in [-0.15, -0.1) is 0 Å². The molecule has 0 saturated heterocycles. The van der Waals surface area contributed by atoms with E-state index in [1.807, 2.05) is 0 Å². The number of amides is 1. The van der Waals surface area contributed by atoms with Crippen molar-refractivity contribution in [2.24, 2.45) is 0 Å². The number of fused-ring (bicyclic) bond motifs is 1. The van der Waals surface area contributed by atoms with Crippen LogP contribution in [-0.2, 0) is 17.5 Å². The van der Waals surface area contributed by atoms with Gasteiger partial charge in [0.05, 0.1) is 24.6 Å². The zero-order chi connectivity index (χ0) is 22.9. The minimum absolute atomic E-state index is 0.0285. The van der Waals surface area contributed by atoms with E-state index >= 15 is 0 Å². The second-order valence-corrected chi connectivity index (χ2v) is 6.80. The summed E-state index contributed by atoms with van der Waals surface area (Å²) in [6, 6.07) is 11.2. The molecule has 0 fully saturated rings. The average Bonchev–Trinajstić information content (AvgIpc) is 3.20. The maximum Gasteiger partial charge on any atom is 0.416 e. The summed E-state index contributed by atoms with van der Waals surface area (Å²) in [6.45, 7) is -0.425. The predicted molar refractivity (Wildman–Crippen MR) is 110 cm³/mol. The van der Waals surface area contributed by atoms with Gasteiger partial charge in [0.25, 0.3) is 5.56 Å². The smallest absolute Gasteiger partial charge is 0.416 e. The van der Waals surface area contributed by atoms with Crippen LogP contribution in [0.1, 0.15) is 5.56 Å². The van der Waals surface area contributed by atoms with E-state index in [2.05, 4.69) is 15.4 Å². The molecule has 0 aliphatic rings. The number of ether oxygens (including phenoxy) is 1. The van der Waals surface area contributed by atoms with E-state index in [1.54, 1.807) is 31.4 Å². The fourth-order valence-corrected chi connectivity index (χ4v) is 3.10. The highest BCUT2D eigenvalue weighted by molar-refractivity contribution is 5.90. The highest BCUT2D eigenvalue weighted by atomic mass is 19.4. The lowest BCUT2D eigenvalue weighted by Gasteiger charge is -2.10. The van der Waals surface area contributed by atoms with Crippen LogP contribution in [0.3, 0.4) is 0 Å². The number of methoxy groups -OCH3 is 1. The van der Waals surface area contributed by atoms with Gasteiger partial charge in [-0.2, -0.15) is 18.3 Å². The van der Waals surface area contributed by atoms with Gasteiger partial charge in [0.1, 0.15) is 24.0 Å². The normalized spacial score (nSPS) is 11.5. The Bertz CT molecular complexity index is 1340. The second-order valence-electron chi connectivity index (χ2n) is 6.80. The van der Waals surface area contributed by atoms with E-state index in [1.165, 1.54) is 29.3 Å². The number of halogens is 3. The van der Waals surface area contributed by atoms with E-state index in [9.17, 15) is 22.8 Å². The molecule has 0 atom stereocenters. The Kier molecular flexibility index (Phi) is 5.39. The molecule has 8 nitrogen and oxygen atoms in total. The lowest BCUT2D eigenvalue weighted by molar-refractivity contribution is -0.137. The number of aromatic nitrogens is 4. The maximum atomic E-state index is 12.8. The summed E-state index contributed by atoms with van der Waals surface area (Å²) in [5.74, 6) is -0.0116. The van der Waals surface area contributed by atoms with Crippen molar-refractivity contribution in [1.29, 1.82) is 0 Å².